The van der Waals surface area contributed by atoms with Crippen LogP contribution in [0.5, 0.6) is 0 Å². The number of hydrogen-bond donors (Lipinski definition) is 0. The first-order valence-electron chi connectivity index (χ1n) is 5.64. The van der Waals surface area contributed by atoms with Crippen molar-refractivity contribution in [3.8, 4) is 6.07 Å². The molecule has 0 aromatic carbocycles. The summed E-state index contributed by atoms with van der Waals surface area (Å²) in [5.74, 6) is 0.677. The van der Waals surface area contributed by atoms with E-state index in [1.807, 2.05) is 15.9 Å². The summed E-state index contributed by atoms with van der Waals surface area (Å²) in [5, 5.41) is 8.98. The molecule has 0 amide bonds. The molecule has 0 bridgehead atoms. The van der Waals surface area contributed by atoms with Gasteiger partial charge in [-0.3, -0.25) is 4.79 Å². The van der Waals surface area contributed by atoms with Crippen LogP contribution in [0.1, 0.15) is 13.3 Å². The van der Waals surface area contributed by atoms with Crippen LogP contribution in [-0.2, 0) is 9.53 Å². The van der Waals surface area contributed by atoms with Crippen LogP contribution in [0, 0.1) is 17.9 Å². The summed E-state index contributed by atoms with van der Waals surface area (Å²) in [7, 11) is 1.57. The number of nitriles is 1. The summed E-state index contributed by atoms with van der Waals surface area (Å²) in [6.45, 7) is 10.8. The van der Waals surface area contributed by atoms with Gasteiger partial charge in [0.1, 0.15) is 18.3 Å². The molecule has 1 fully saturated rings. The van der Waals surface area contributed by atoms with Gasteiger partial charge in [-0.15, -0.1) is 0 Å². The monoisotopic (exact) mass is 248 g/mol. The van der Waals surface area contributed by atoms with Crippen LogP contribution in [0.15, 0.2) is 11.5 Å². The van der Waals surface area contributed by atoms with Crippen molar-refractivity contribution in [2.24, 2.45) is 0 Å². The Morgan fingerprint density at radius 3 is 2.72 bits per heavy atom. The lowest BCUT2D eigenvalue weighted by Crippen LogP contribution is -2.27. The second-order valence-electron chi connectivity index (χ2n) is 4.02. The smallest absolute Gasteiger partial charge is 0.300 e. The Morgan fingerprint density at radius 2 is 2.22 bits per heavy atom. The molecule has 0 N–H and O–H groups in total. The normalized spacial score (nSPS) is 17.3. The maximum absolute atomic E-state index is 11.0. The second-order valence-corrected chi connectivity index (χ2v) is 4.02. The lowest BCUT2D eigenvalue weighted by molar-refractivity contribution is -0.117. The molecule has 1 saturated heterocycles. The van der Waals surface area contributed by atoms with Gasteiger partial charge in [0.2, 0.25) is 0 Å². The molecular formula is C12H16N4O2. The highest BCUT2D eigenvalue weighted by molar-refractivity contribution is 5.75. The molecule has 0 unspecified atom stereocenters. The Kier molecular flexibility index (Phi) is 5.16. The Bertz CT molecular complexity index is 414. The van der Waals surface area contributed by atoms with E-state index in [0.29, 0.717) is 38.6 Å². The molecule has 0 saturated carbocycles. The number of methoxy groups -OCH3 is 1. The zero-order valence-electron chi connectivity index (χ0n) is 10.6. The molecule has 1 rings (SSSR count). The molecule has 0 aliphatic carbocycles. The van der Waals surface area contributed by atoms with Gasteiger partial charge in [0, 0.05) is 33.2 Å². The number of rotatable bonds is 5. The predicted molar refractivity (Wildman–Crippen MR) is 64.7 cm³/mol. The highest BCUT2D eigenvalue weighted by Crippen LogP contribution is 2.22. The minimum atomic E-state index is 0.0492. The van der Waals surface area contributed by atoms with E-state index in [9.17, 15) is 4.79 Å². The minimum absolute atomic E-state index is 0.0492. The van der Waals surface area contributed by atoms with Gasteiger partial charge in [0.05, 0.1) is 12.6 Å². The van der Waals surface area contributed by atoms with Gasteiger partial charge in [-0.1, -0.05) is 0 Å². The maximum atomic E-state index is 11.0. The van der Waals surface area contributed by atoms with E-state index in [1.54, 1.807) is 7.11 Å². The van der Waals surface area contributed by atoms with Crippen molar-refractivity contribution in [3.05, 3.63) is 22.9 Å². The van der Waals surface area contributed by atoms with Crippen LogP contribution >= 0.6 is 0 Å². The predicted octanol–water partition coefficient (Wildman–Crippen LogP) is 0.799. The topological polar surface area (TPSA) is 60.9 Å². The van der Waals surface area contributed by atoms with Crippen LogP contribution in [-0.4, -0.2) is 49.1 Å². The fourth-order valence-electron chi connectivity index (χ4n) is 1.87. The number of carbonyl (C=O) groups is 1. The second kappa shape index (κ2) is 6.63. The molecule has 6 nitrogen and oxygen atoms in total. The molecular weight excluding hydrogens is 232 g/mol. The number of ketones is 1. The van der Waals surface area contributed by atoms with Gasteiger partial charge in [0.25, 0.3) is 0 Å². The van der Waals surface area contributed by atoms with E-state index in [0.717, 1.165) is 0 Å². The number of nitrogens with zero attached hydrogens (tertiary/aromatic N) is 4. The molecule has 0 aromatic rings. The van der Waals surface area contributed by atoms with E-state index < -0.39 is 0 Å². The Labute approximate surface area is 107 Å². The van der Waals surface area contributed by atoms with Crippen LogP contribution in [0.3, 0.4) is 0 Å². The summed E-state index contributed by atoms with van der Waals surface area (Å²) in [5.41, 5.74) is 0.0492. The Morgan fingerprint density at radius 1 is 1.56 bits per heavy atom. The number of allylic oxidation sites excluding steroid dienone is 1. The maximum Gasteiger partial charge on any atom is 0.300 e. The fraction of sp³-hybridized carbons (Fsp3) is 0.583. The van der Waals surface area contributed by atoms with Crippen LogP contribution in [0.2, 0.25) is 0 Å². The van der Waals surface area contributed by atoms with E-state index in [4.69, 9.17) is 16.6 Å². The summed E-state index contributed by atoms with van der Waals surface area (Å²) < 4.78 is 5.05. The standard InChI is InChI=1S/C12H16N4O2/c1-10(17)4-5-15-6-7-16(9-18-3)12(15)11(8-13)14-2/h4-7,9H2,1,3H3/b12-11+. The van der Waals surface area contributed by atoms with E-state index in [-0.39, 0.29) is 11.5 Å². The molecule has 1 heterocycles. The molecule has 1 aliphatic rings. The van der Waals surface area contributed by atoms with Crippen molar-refractivity contribution in [3.63, 3.8) is 0 Å². The zero-order valence-corrected chi connectivity index (χ0v) is 10.6. The molecule has 1 aliphatic heterocycles. The number of carbonyl (C=O) groups excluding carboxylic acids is 1. The quantitative estimate of drug-likeness (QED) is 0.532. The van der Waals surface area contributed by atoms with Gasteiger partial charge >= 0.3 is 5.70 Å². The zero-order chi connectivity index (χ0) is 13.5. The van der Waals surface area contributed by atoms with Gasteiger partial charge in [-0.25, -0.2) is 10.1 Å². The SMILES string of the molecule is [C-]#[N+]/C(C#N)=C1\N(CCC(C)=O)CCN1COC. The molecule has 0 atom stereocenters. The lowest BCUT2D eigenvalue weighted by Gasteiger charge is -2.24. The number of hydrogen-bond acceptors (Lipinski definition) is 5. The first-order chi connectivity index (χ1) is 8.63. The van der Waals surface area contributed by atoms with Crippen molar-refractivity contribution in [2.45, 2.75) is 13.3 Å². The Hall–Kier alpha value is -2.05. The van der Waals surface area contributed by atoms with Gasteiger partial charge in [-0.2, -0.15) is 0 Å². The first-order valence-corrected chi connectivity index (χ1v) is 5.64. The highest BCUT2D eigenvalue weighted by atomic mass is 16.5. The van der Waals surface area contributed by atoms with E-state index in [2.05, 4.69) is 4.85 Å². The van der Waals surface area contributed by atoms with Crippen molar-refractivity contribution in [1.82, 2.24) is 9.80 Å². The Balaban J connectivity index is 2.92. The molecule has 0 aromatic heterocycles. The van der Waals surface area contributed by atoms with Crippen LogP contribution < -0.4 is 0 Å². The average Bonchev–Trinajstić information content (AvgIpc) is 2.73. The summed E-state index contributed by atoms with van der Waals surface area (Å²) in [4.78, 5) is 18.0. The third-order valence-electron chi connectivity index (χ3n) is 2.69. The molecule has 18 heavy (non-hydrogen) atoms. The first kappa shape index (κ1) is 14.0. The van der Waals surface area contributed by atoms with Gasteiger partial charge in [-0.05, 0) is 6.92 Å². The van der Waals surface area contributed by atoms with Gasteiger partial charge in [0.15, 0.2) is 0 Å². The highest BCUT2D eigenvalue weighted by Gasteiger charge is 2.28. The van der Waals surface area contributed by atoms with Crippen molar-refractivity contribution >= 4 is 5.78 Å². The van der Waals surface area contributed by atoms with Crippen LogP contribution in [0.4, 0.5) is 0 Å². The number of ether oxygens (including phenoxy) is 1. The number of Topliss-reactive ketones (excluding diaryl/α,β-unsaturated/α-hetero) is 1. The average molecular weight is 248 g/mol. The van der Waals surface area contributed by atoms with Gasteiger partial charge < -0.3 is 14.5 Å². The minimum Gasteiger partial charge on any atom is -0.364 e. The molecule has 6 heteroatoms. The van der Waals surface area contributed by atoms with E-state index >= 15 is 0 Å². The largest absolute Gasteiger partial charge is 0.364 e. The third kappa shape index (κ3) is 3.22. The lowest BCUT2D eigenvalue weighted by atomic mass is 10.3. The molecule has 96 valence electrons. The molecule has 0 spiro atoms. The van der Waals surface area contributed by atoms with Crippen molar-refractivity contribution in [1.29, 1.82) is 5.26 Å². The third-order valence-corrected chi connectivity index (χ3v) is 2.69. The summed E-state index contributed by atoms with van der Waals surface area (Å²) in [6.07, 6.45) is 0.418. The van der Waals surface area contributed by atoms with E-state index in [1.165, 1.54) is 6.92 Å². The van der Waals surface area contributed by atoms with Crippen molar-refractivity contribution in [2.75, 3.05) is 33.5 Å². The summed E-state index contributed by atoms with van der Waals surface area (Å²) in [6, 6.07) is 1.90. The van der Waals surface area contributed by atoms with Crippen LogP contribution in [0.25, 0.3) is 4.85 Å². The van der Waals surface area contributed by atoms with Crippen molar-refractivity contribution < 1.29 is 9.53 Å². The molecule has 0 radical (unpaired) electrons. The fourth-order valence-corrected chi connectivity index (χ4v) is 1.87. The summed E-state index contributed by atoms with van der Waals surface area (Å²) >= 11 is 0.